The molecule has 0 saturated heterocycles. The Morgan fingerprint density at radius 1 is 0.324 bits per heavy atom. The molecule has 0 radical (unpaired) electrons. The maximum Gasteiger partial charge on any atom is 0.252 e. The zero-order valence-electron chi connectivity index (χ0n) is 42.2. The molecule has 14 aromatic rings. The Morgan fingerprint density at radius 3 is 1.14 bits per heavy atom. The van der Waals surface area contributed by atoms with Crippen molar-refractivity contribution in [3.05, 3.63) is 193 Å². The van der Waals surface area contributed by atoms with E-state index in [1.54, 1.807) is 0 Å². The molecular formula is C70H48BN3. The van der Waals surface area contributed by atoms with Crippen LogP contribution in [0.5, 0.6) is 0 Å². The number of aromatic nitrogens is 3. The highest BCUT2D eigenvalue weighted by atomic mass is 15.1. The normalized spacial score (nSPS) is 13.8. The Labute approximate surface area is 428 Å². The van der Waals surface area contributed by atoms with Gasteiger partial charge in [-0.25, -0.2) is 0 Å². The monoisotopic (exact) mass is 941 g/mol. The summed E-state index contributed by atoms with van der Waals surface area (Å²) in [5.74, 6) is 0. The first-order valence-electron chi connectivity index (χ1n) is 26.5. The summed E-state index contributed by atoms with van der Waals surface area (Å²) in [7, 11) is 0. The van der Waals surface area contributed by atoms with Gasteiger partial charge >= 0.3 is 0 Å². The van der Waals surface area contributed by atoms with E-state index in [4.69, 9.17) is 0 Å². The fourth-order valence-corrected chi connectivity index (χ4v) is 15.0. The average Bonchev–Trinajstić information content (AvgIpc) is 4.01. The molecule has 0 N–H and O–H groups in total. The summed E-state index contributed by atoms with van der Waals surface area (Å²) >= 11 is 0. The van der Waals surface area contributed by atoms with Crippen molar-refractivity contribution in [2.75, 3.05) is 0 Å². The first kappa shape index (κ1) is 40.0. The summed E-state index contributed by atoms with van der Waals surface area (Å²) in [6.07, 6.45) is 0. The van der Waals surface area contributed by atoms with Crippen molar-refractivity contribution in [1.82, 2.24) is 13.7 Å². The minimum Gasteiger partial charge on any atom is -0.310 e. The summed E-state index contributed by atoms with van der Waals surface area (Å²) in [6.45, 7) is 14.0. The second-order valence-electron chi connectivity index (χ2n) is 24.0. The molecule has 4 aliphatic rings. The van der Waals surface area contributed by atoms with Crippen LogP contribution < -0.4 is 16.4 Å². The van der Waals surface area contributed by atoms with Gasteiger partial charge in [-0.15, -0.1) is 0 Å². The molecule has 346 valence electrons. The zero-order chi connectivity index (χ0) is 49.0. The number of nitrogens with zero attached hydrogens (tertiary/aromatic N) is 3. The predicted molar refractivity (Wildman–Crippen MR) is 315 cm³/mol. The van der Waals surface area contributed by atoms with Crippen molar-refractivity contribution in [2.24, 2.45) is 0 Å². The standard InChI is InChI=1S/C70H48BN3/c1-69(2,3)39-27-29-54-50(33-39)51-34-40(70(4,5)6)28-30-55(51)72(54)41-35-58-66-59(36-41)74-57-26-14-24-49-45-20-10-8-18-43(45)47-22-12-16-38-32-53(68(74)65(61(38)47)63(49)57)71(66)52-31-37-15-11-21-46-42-17-7-9-19-44(42)48-23-13-25-56-62(48)64(60(37)46)67(52)73(56)58/h7-36H,1-6H3. The van der Waals surface area contributed by atoms with Crippen LogP contribution in [-0.2, 0) is 10.8 Å². The van der Waals surface area contributed by atoms with Crippen molar-refractivity contribution in [2.45, 2.75) is 52.4 Å². The molecule has 2 aliphatic carbocycles. The van der Waals surface area contributed by atoms with E-state index in [0.717, 1.165) is 0 Å². The molecule has 0 fully saturated rings. The third kappa shape index (κ3) is 4.61. The smallest absolute Gasteiger partial charge is 0.252 e. The minimum atomic E-state index is -0.0335. The van der Waals surface area contributed by atoms with Crippen molar-refractivity contribution in [1.29, 1.82) is 0 Å². The van der Waals surface area contributed by atoms with Gasteiger partial charge in [-0.3, -0.25) is 0 Å². The largest absolute Gasteiger partial charge is 0.310 e. The van der Waals surface area contributed by atoms with Gasteiger partial charge in [-0.2, -0.15) is 0 Å². The Morgan fingerprint density at radius 2 is 0.716 bits per heavy atom. The maximum atomic E-state index is 2.70. The lowest BCUT2D eigenvalue weighted by molar-refractivity contribution is 0.590. The molecule has 0 spiro atoms. The van der Waals surface area contributed by atoms with Crippen LogP contribution in [0.4, 0.5) is 0 Å². The summed E-state index contributed by atoms with van der Waals surface area (Å²) in [5, 5.41) is 13.3. The molecule has 0 amide bonds. The number of hydrogen-bond acceptors (Lipinski definition) is 0. The molecule has 0 bridgehead atoms. The third-order valence-corrected chi connectivity index (χ3v) is 18.1. The molecule has 74 heavy (non-hydrogen) atoms. The van der Waals surface area contributed by atoms with Crippen LogP contribution in [0.25, 0.3) is 149 Å². The van der Waals surface area contributed by atoms with Gasteiger partial charge < -0.3 is 13.7 Å². The highest BCUT2D eigenvalue weighted by Crippen LogP contribution is 2.53. The predicted octanol–water partition coefficient (Wildman–Crippen LogP) is 16.3. The molecular weight excluding hydrogens is 894 g/mol. The Balaban J connectivity index is 1.08. The Hall–Kier alpha value is -8.60. The number of hydrogen-bond donors (Lipinski definition) is 0. The van der Waals surface area contributed by atoms with Crippen LogP contribution >= 0.6 is 0 Å². The van der Waals surface area contributed by atoms with E-state index in [1.807, 2.05) is 0 Å². The quantitative estimate of drug-likeness (QED) is 0.146. The van der Waals surface area contributed by atoms with E-state index in [-0.39, 0.29) is 17.5 Å². The lowest BCUT2D eigenvalue weighted by atomic mass is 9.34. The highest BCUT2D eigenvalue weighted by molar-refractivity contribution is 7.00. The van der Waals surface area contributed by atoms with Gasteiger partial charge in [0, 0.05) is 43.7 Å². The summed E-state index contributed by atoms with van der Waals surface area (Å²) < 4.78 is 8.00. The lowest BCUT2D eigenvalue weighted by Crippen LogP contribution is -2.59. The van der Waals surface area contributed by atoms with E-state index >= 15 is 0 Å². The molecule has 0 atom stereocenters. The minimum absolute atomic E-state index is 0.00426. The van der Waals surface area contributed by atoms with Crippen molar-refractivity contribution >= 4 is 110 Å². The average molecular weight is 942 g/mol. The summed E-state index contributed by atoms with van der Waals surface area (Å²) in [5.41, 5.74) is 28.6. The molecule has 4 heteroatoms. The van der Waals surface area contributed by atoms with E-state index in [9.17, 15) is 0 Å². The van der Waals surface area contributed by atoms with Gasteiger partial charge in [-0.1, -0.05) is 175 Å². The maximum absolute atomic E-state index is 2.70. The molecule has 2 aliphatic heterocycles. The van der Waals surface area contributed by atoms with E-state index < -0.39 is 0 Å². The van der Waals surface area contributed by atoms with Gasteiger partial charge in [-0.05, 0) is 153 Å². The molecule has 0 unspecified atom stereocenters. The van der Waals surface area contributed by atoms with Gasteiger partial charge in [0.15, 0.2) is 0 Å². The van der Waals surface area contributed by atoms with Crippen LogP contribution in [0, 0.1) is 0 Å². The highest BCUT2D eigenvalue weighted by Gasteiger charge is 2.44. The van der Waals surface area contributed by atoms with Crippen molar-refractivity contribution < 1.29 is 0 Å². The van der Waals surface area contributed by atoms with Gasteiger partial charge in [0.1, 0.15) is 0 Å². The van der Waals surface area contributed by atoms with Crippen LogP contribution in [0.15, 0.2) is 182 Å². The van der Waals surface area contributed by atoms with Gasteiger partial charge in [0.25, 0.3) is 6.71 Å². The fourth-order valence-electron chi connectivity index (χ4n) is 15.0. The fraction of sp³-hybridized carbons (Fsp3) is 0.114. The van der Waals surface area contributed by atoms with Crippen LogP contribution in [0.1, 0.15) is 52.7 Å². The van der Waals surface area contributed by atoms with Crippen molar-refractivity contribution in [3.8, 4) is 61.6 Å². The van der Waals surface area contributed by atoms with Gasteiger partial charge in [0.05, 0.1) is 38.8 Å². The van der Waals surface area contributed by atoms with Gasteiger partial charge in [0.2, 0.25) is 0 Å². The molecule has 3 nitrogen and oxygen atoms in total. The van der Waals surface area contributed by atoms with Crippen LogP contribution in [0.2, 0.25) is 0 Å². The van der Waals surface area contributed by atoms with E-state index in [2.05, 4.69) is 237 Å². The summed E-state index contributed by atoms with van der Waals surface area (Å²) in [4.78, 5) is 0. The first-order chi connectivity index (χ1) is 36.0. The SMILES string of the molecule is CC(C)(C)c1ccc2c(c1)c1cc(C(C)(C)C)ccc1n2-c1cc2c3c(c1)-n1c4cccc5c4c4c6c(cccc6cc(c41)B3c1cc3cccc4c3c3c6c(cccc6n-2c13)-c1ccccc1-4)-c1ccccc1-5. The molecule has 11 aromatic carbocycles. The molecule has 18 rings (SSSR count). The number of fused-ring (bicyclic) bond motifs is 15. The molecule has 5 heterocycles. The Kier molecular flexibility index (Phi) is 6.99. The topological polar surface area (TPSA) is 14.8 Å². The zero-order valence-corrected chi connectivity index (χ0v) is 42.2. The molecule has 0 saturated carbocycles. The first-order valence-corrected chi connectivity index (χ1v) is 26.5. The molecule has 3 aromatic heterocycles. The van der Waals surface area contributed by atoms with E-state index in [1.165, 1.54) is 176 Å². The van der Waals surface area contributed by atoms with Crippen LogP contribution in [-0.4, -0.2) is 20.4 Å². The second-order valence-corrected chi connectivity index (χ2v) is 24.0. The summed E-state index contributed by atoms with van der Waals surface area (Å²) in [6, 6.07) is 71.3. The Bertz CT molecular complexity index is 4730. The number of rotatable bonds is 1. The van der Waals surface area contributed by atoms with Crippen molar-refractivity contribution in [3.63, 3.8) is 0 Å². The lowest BCUT2D eigenvalue weighted by Gasteiger charge is -2.35. The third-order valence-electron chi connectivity index (χ3n) is 18.1. The second kappa shape index (κ2) is 12.9. The van der Waals surface area contributed by atoms with E-state index in [0.29, 0.717) is 0 Å². The number of benzene rings is 11. The van der Waals surface area contributed by atoms with Crippen LogP contribution in [0.3, 0.4) is 0 Å².